The van der Waals surface area contributed by atoms with Gasteiger partial charge >= 0.3 is 0 Å². The van der Waals surface area contributed by atoms with E-state index in [-0.39, 0.29) is 16.2 Å². The third-order valence-corrected chi connectivity index (χ3v) is 7.72. The average molecular weight is 487 g/mol. The largest absolute Gasteiger partial charge is 0.130 e. The van der Waals surface area contributed by atoms with E-state index in [0.717, 1.165) is 13.5 Å². The van der Waals surface area contributed by atoms with Crippen LogP contribution < -0.4 is 5.30 Å². The number of benzene rings is 2. The van der Waals surface area contributed by atoms with Gasteiger partial charge in [0.05, 0.1) is 5.29 Å². The summed E-state index contributed by atoms with van der Waals surface area (Å²) in [5, 5.41) is 2.50. The van der Waals surface area contributed by atoms with Crippen LogP contribution in [0.25, 0.3) is 0 Å². The van der Waals surface area contributed by atoms with Crippen molar-refractivity contribution in [2.75, 3.05) is 0 Å². The van der Waals surface area contributed by atoms with Crippen molar-refractivity contribution in [1.82, 2.24) is 0 Å². The topological polar surface area (TPSA) is 0 Å². The van der Waals surface area contributed by atoms with Gasteiger partial charge in [0.25, 0.3) is 0 Å². The molecule has 0 aromatic heterocycles. The fourth-order valence-corrected chi connectivity index (χ4v) is 5.60. The van der Waals surface area contributed by atoms with Gasteiger partial charge in [-0.05, 0) is 64.5 Å². The lowest BCUT2D eigenvalue weighted by Crippen LogP contribution is -2.30. The predicted molar refractivity (Wildman–Crippen MR) is 159 cm³/mol. The van der Waals surface area contributed by atoms with Gasteiger partial charge in [-0.3, -0.25) is 0 Å². The second-order valence-electron chi connectivity index (χ2n) is 13.2. The molecule has 2 aromatic rings. The van der Waals surface area contributed by atoms with Crippen LogP contribution in [-0.4, -0.2) is 13.4 Å². The summed E-state index contributed by atoms with van der Waals surface area (Å²) in [5.41, 5.74) is 8.92. The molecule has 0 spiro atoms. The van der Waals surface area contributed by atoms with Crippen molar-refractivity contribution in [3.8, 4) is 23.3 Å². The van der Waals surface area contributed by atoms with Crippen molar-refractivity contribution < 1.29 is 0 Å². The Morgan fingerprint density at radius 2 is 1.21 bits per heavy atom. The summed E-state index contributed by atoms with van der Waals surface area (Å²) in [6, 6.07) is 15.5. The first-order valence-corrected chi connectivity index (χ1v) is 16.7. The van der Waals surface area contributed by atoms with Crippen molar-refractivity contribution in [3.05, 3.63) is 64.7 Å². The maximum Gasteiger partial charge on any atom is 0.130 e. The van der Waals surface area contributed by atoms with Crippen LogP contribution in [0.5, 0.6) is 0 Å². The van der Waals surface area contributed by atoms with E-state index in [4.69, 9.17) is 0 Å². The van der Waals surface area contributed by atoms with Crippen LogP contribution in [0.15, 0.2) is 42.5 Å². The zero-order valence-corrected chi connectivity index (χ0v) is 25.4. The zero-order chi connectivity index (χ0) is 25.9. The van der Waals surface area contributed by atoms with Gasteiger partial charge in [-0.1, -0.05) is 124 Å². The fraction of sp³-hybridized carbons (Fsp3) is 0.469. The maximum absolute atomic E-state index is 3.46. The first-order valence-electron chi connectivity index (χ1n) is 12.3. The Labute approximate surface area is 212 Å². The van der Waals surface area contributed by atoms with Crippen molar-refractivity contribution in [3.63, 3.8) is 0 Å². The highest BCUT2D eigenvalue weighted by Crippen LogP contribution is 2.35. The summed E-state index contributed by atoms with van der Waals surface area (Å²) >= 11 is 0. The standard InChI is InChI=1S/C32H43PSi/c1-30(2,3)25-22-26(31(4,5)6)29(27(23-25)32(7,8)9)33-28(24-18-14-13-15-19-24)20-16-17-21-34(10,11)12/h13-15,18-19,22-23H,1-12H3. The van der Waals surface area contributed by atoms with Crippen molar-refractivity contribution in [2.24, 2.45) is 0 Å². The van der Waals surface area contributed by atoms with Crippen LogP contribution in [0, 0.1) is 23.3 Å². The Morgan fingerprint density at radius 3 is 1.62 bits per heavy atom. The fourth-order valence-electron chi connectivity index (χ4n) is 3.51. The van der Waals surface area contributed by atoms with Crippen LogP contribution in [0.1, 0.15) is 84.6 Å². The minimum atomic E-state index is -1.45. The molecule has 0 radical (unpaired) electrons. The predicted octanol–water partition coefficient (Wildman–Crippen LogP) is 8.26. The van der Waals surface area contributed by atoms with E-state index < -0.39 is 8.07 Å². The molecule has 0 aliphatic carbocycles. The molecule has 0 amide bonds. The molecule has 0 saturated carbocycles. The number of rotatable bonds is 2. The molecule has 0 N–H and O–H groups in total. The first kappa shape index (κ1) is 28.2. The van der Waals surface area contributed by atoms with Crippen LogP contribution >= 0.6 is 8.20 Å². The number of hydrogen-bond acceptors (Lipinski definition) is 0. The minimum Gasteiger partial charge on any atom is -0.118 e. The van der Waals surface area contributed by atoms with E-state index in [0.29, 0.717) is 0 Å². The first-order chi connectivity index (χ1) is 15.4. The number of hydrogen-bond donors (Lipinski definition) is 0. The monoisotopic (exact) mass is 486 g/mol. The highest BCUT2D eigenvalue weighted by Gasteiger charge is 2.28. The Kier molecular flexibility index (Phi) is 8.53. The second kappa shape index (κ2) is 10.3. The van der Waals surface area contributed by atoms with E-state index in [1.807, 2.05) is 0 Å². The molecular weight excluding hydrogens is 443 g/mol. The highest BCUT2D eigenvalue weighted by molar-refractivity contribution is 7.50. The average Bonchev–Trinajstić information content (AvgIpc) is 2.67. The molecule has 0 unspecified atom stereocenters. The van der Waals surface area contributed by atoms with Gasteiger partial charge in [-0.2, -0.15) is 0 Å². The van der Waals surface area contributed by atoms with Gasteiger partial charge in [0.2, 0.25) is 0 Å². The second-order valence-corrected chi connectivity index (χ2v) is 19.1. The van der Waals surface area contributed by atoms with Crippen LogP contribution in [0.3, 0.4) is 0 Å². The molecule has 2 aromatic carbocycles. The minimum absolute atomic E-state index is 0.0243. The van der Waals surface area contributed by atoms with E-state index in [2.05, 4.69) is 148 Å². The summed E-state index contributed by atoms with van der Waals surface area (Å²) in [5.74, 6) is 9.81. The molecule has 0 nitrogen and oxygen atoms in total. The van der Waals surface area contributed by atoms with Gasteiger partial charge < -0.3 is 0 Å². The normalized spacial score (nSPS) is 13.0. The molecule has 2 heteroatoms. The molecule has 0 aliphatic rings. The maximum atomic E-state index is 3.46. The van der Waals surface area contributed by atoms with Gasteiger partial charge in [-0.15, -0.1) is 5.54 Å². The van der Waals surface area contributed by atoms with Crippen LogP contribution in [0.4, 0.5) is 0 Å². The third kappa shape index (κ3) is 8.02. The lowest BCUT2D eigenvalue weighted by Gasteiger charge is -2.32. The molecule has 0 saturated heterocycles. The Balaban J connectivity index is 2.94. The Morgan fingerprint density at radius 1 is 0.706 bits per heavy atom. The summed E-state index contributed by atoms with van der Waals surface area (Å²) in [6.07, 6.45) is 0. The van der Waals surface area contributed by atoms with E-state index in [9.17, 15) is 0 Å². The van der Waals surface area contributed by atoms with Gasteiger partial charge in [0.15, 0.2) is 0 Å². The van der Waals surface area contributed by atoms with E-state index in [1.165, 1.54) is 27.6 Å². The smallest absolute Gasteiger partial charge is 0.118 e. The molecule has 0 fully saturated rings. The Hall–Kier alpha value is -2.05. The lowest BCUT2D eigenvalue weighted by atomic mass is 9.75. The van der Waals surface area contributed by atoms with Gasteiger partial charge in [0.1, 0.15) is 8.07 Å². The van der Waals surface area contributed by atoms with Gasteiger partial charge in [0, 0.05) is 5.30 Å². The van der Waals surface area contributed by atoms with Crippen molar-refractivity contribution in [2.45, 2.75) is 98.2 Å². The molecule has 0 atom stereocenters. The van der Waals surface area contributed by atoms with E-state index in [1.54, 1.807) is 0 Å². The van der Waals surface area contributed by atoms with Crippen LogP contribution in [-0.2, 0) is 16.2 Å². The third-order valence-electron chi connectivity index (χ3n) is 5.54. The summed E-state index contributed by atoms with van der Waals surface area (Å²) < 4.78 is 0. The van der Waals surface area contributed by atoms with Crippen molar-refractivity contribution >= 4 is 26.9 Å². The van der Waals surface area contributed by atoms with Crippen LogP contribution in [0.2, 0.25) is 19.6 Å². The quantitative estimate of drug-likeness (QED) is 0.228. The highest BCUT2D eigenvalue weighted by atomic mass is 31.1. The molecular formula is C32H43PSi. The van der Waals surface area contributed by atoms with Crippen molar-refractivity contribution in [1.29, 1.82) is 0 Å². The molecule has 0 aliphatic heterocycles. The molecule has 34 heavy (non-hydrogen) atoms. The lowest BCUT2D eigenvalue weighted by molar-refractivity contribution is 0.554. The molecule has 180 valence electrons. The SMILES string of the molecule is CC(C)(C)c1cc(C(C)(C)C)c(P=C(C#CC#C[Si](C)(C)C)c2ccccc2)c(C(C)(C)C)c1. The Bertz CT molecular complexity index is 1130. The summed E-state index contributed by atoms with van der Waals surface area (Å²) in [6.45, 7) is 27.6. The summed E-state index contributed by atoms with van der Waals surface area (Å²) in [4.78, 5) is 0. The summed E-state index contributed by atoms with van der Waals surface area (Å²) in [7, 11) is -0.302. The molecule has 2 rings (SSSR count). The molecule has 0 heterocycles. The van der Waals surface area contributed by atoms with E-state index >= 15 is 0 Å². The zero-order valence-electron chi connectivity index (χ0n) is 23.5. The van der Waals surface area contributed by atoms with Gasteiger partial charge in [-0.25, -0.2) is 0 Å². The molecule has 0 bridgehead atoms.